The predicted octanol–water partition coefficient (Wildman–Crippen LogP) is 2.09. The van der Waals surface area contributed by atoms with Crippen molar-refractivity contribution in [3.8, 4) is 0 Å². The van der Waals surface area contributed by atoms with Gasteiger partial charge in [0.1, 0.15) is 0 Å². The number of ketones is 1. The highest BCUT2D eigenvalue weighted by Crippen LogP contribution is 2.19. The van der Waals surface area contributed by atoms with Crippen molar-refractivity contribution in [3.63, 3.8) is 0 Å². The number of hydrogen-bond donors (Lipinski definition) is 0. The maximum atomic E-state index is 12.1. The Balaban J connectivity index is 2.70. The Kier molecular flexibility index (Phi) is 7.53. The summed E-state index contributed by atoms with van der Waals surface area (Å²) in [6.45, 7) is 3.44. The van der Waals surface area contributed by atoms with Crippen LogP contribution in [-0.4, -0.2) is 36.7 Å². The largest absolute Gasteiger partial charge is 0.465 e. The number of benzene rings is 1. The van der Waals surface area contributed by atoms with Crippen molar-refractivity contribution < 1.29 is 23.9 Å². The summed E-state index contributed by atoms with van der Waals surface area (Å²) in [4.78, 5) is 36.5. The van der Waals surface area contributed by atoms with E-state index in [1.54, 1.807) is 13.8 Å². The molecule has 21 heavy (non-hydrogen) atoms. The van der Waals surface area contributed by atoms with Gasteiger partial charge in [-0.05, 0) is 26.0 Å². The quantitative estimate of drug-likeness (QED) is 0.416. The Labute approximate surface area is 128 Å². The van der Waals surface area contributed by atoms with Crippen molar-refractivity contribution in [2.24, 2.45) is 5.92 Å². The first kappa shape index (κ1) is 17.2. The van der Waals surface area contributed by atoms with Gasteiger partial charge in [0.2, 0.25) is 5.92 Å². The first-order valence-electron chi connectivity index (χ1n) is 6.64. The molecule has 1 aromatic carbocycles. The molecular weight excluding hydrogens is 292 g/mol. The highest BCUT2D eigenvalue weighted by atomic mass is 32.2. The third-order valence-corrected chi connectivity index (χ3v) is 3.53. The van der Waals surface area contributed by atoms with E-state index in [4.69, 9.17) is 9.47 Å². The van der Waals surface area contributed by atoms with Crippen LogP contribution in [0.3, 0.4) is 0 Å². The van der Waals surface area contributed by atoms with Crippen LogP contribution in [0.4, 0.5) is 0 Å². The Morgan fingerprint density at radius 1 is 1.00 bits per heavy atom. The van der Waals surface area contributed by atoms with Gasteiger partial charge in [0.05, 0.1) is 19.0 Å². The van der Waals surface area contributed by atoms with Crippen LogP contribution in [0, 0.1) is 5.92 Å². The highest BCUT2D eigenvalue weighted by Gasteiger charge is 2.36. The molecule has 0 atom stereocenters. The molecule has 0 aliphatic heterocycles. The van der Waals surface area contributed by atoms with Crippen molar-refractivity contribution in [1.29, 1.82) is 0 Å². The van der Waals surface area contributed by atoms with Gasteiger partial charge in [0.15, 0.2) is 5.78 Å². The lowest BCUT2D eigenvalue weighted by Crippen LogP contribution is -2.36. The molecule has 0 saturated heterocycles. The van der Waals surface area contributed by atoms with Gasteiger partial charge in [-0.2, -0.15) is 0 Å². The van der Waals surface area contributed by atoms with E-state index in [-0.39, 0.29) is 19.0 Å². The summed E-state index contributed by atoms with van der Waals surface area (Å²) in [6.07, 6.45) is 0. The molecule has 1 aromatic rings. The van der Waals surface area contributed by atoms with E-state index in [1.807, 2.05) is 30.3 Å². The van der Waals surface area contributed by atoms with Gasteiger partial charge in [-0.15, -0.1) is 11.8 Å². The van der Waals surface area contributed by atoms with Gasteiger partial charge in [-0.3, -0.25) is 14.4 Å². The van der Waals surface area contributed by atoms with Crippen LogP contribution in [0.25, 0.3) is 0 Å². The van der Waals surface area contributed by atoms with Gasteiger partial charge in [-0.1, -0.05) is 18.2 Å². The Hall–Kier alpha value is -1.82. The molecule has 0 aromatic heterocycles. The van der Waals surface area contributed by atoms with Crippen molar-refractivity contribution in [2.75, 3.05) is 19.0 Å². The molecule has 0 saturated carbocycles. The predicted molar refractivity (Wildman–Crippen MR) is 78.9 cm³/mol. The monoisotopic (exact) mass is 310 g/mol. The SMILES string of the molecule is CCOC(=O)C(C(=O)CSc1ccccc1)C(=O)OCC. The maximum absolute atomic E-state index is 12.1. The summed E-state index contributed by atoms with van der Waals surface area (Å²) in [6, 6.07) is 9.26. The maximum Gasteiger partial charge on any atom is 0.328 e. The fourth-order valence-corrected chi connectivity index (χ4v) is 2.39. The zero-order valence-electron chi connectivity index (χ0n) is 12.0. The van der Waals surface area contributed by atoms with Crippen LogP contribution in [0.2, 0.25) is 0 Å². The van der Waals surface area contributed by atoms with Crippen LogP contribution in [0.15, 0.2) is 35.2 Å². The number of carbonyl (C=O) groups excluding carboxylic acids is 3. The first-order chi connectivity index (χ1) is 10.1. The second-order valence-electron chi connectivity index (χ2n) is 4.01. The number of esters is 2. The molecule has 0 aliphatic carbocycles. The summed E-state index contributed by atoms with van der Waals surface area (Å²) >= 11 is 1.26. The molecule has 0 fully saturated rings. The lowest BCUT2D eigenvalue weighted by Gasteiger charge is -2.13. The van der Waals surface area contributed by atoms with Gasteiger partial charge in [0.25, 0.3) is 0 Å². The Morgan fingerprint density at radius 3 is 2.00 bits per heavy atom. The summed E-state index contributed by atoms with van der Waals surface area (Å²) in [7, 11) is 0. The molecular formula is C15H18O5S. The zero-order chi connectivity index (χ0) is 15.7. The molecule has 0 spiro atoms. The van der Waals surface area contributed by atoms with Crippen molar-refractivity contribution in [2.45, 2.75) is 18.7 Å². The summed E-state index contributed by atoms with van der Waals surface area (Å²) < 4.78 is 9.55. The molecule has 0 radical (unpaired) electrons. The topological polar surface area (TPSA) is 69.7 Å². The zero-order valence-corrected chi connectivity index (χ0v) is 12.9. The normalized spacial score (nSPS) is 10.2. The van der Waals surface area contributed by atoms with Crippen molar-refractivity contribution in [3.05, 3.63) is 30.3 Å². The minimum Gasteiger partial charge on any atom is -0.465 e. The third-order valence-electron chi connectivity index (χ3n) is 2.49. The standard InChI is InChI=1S/C15H18O5S/c1-3-19-14(17)13(15(18)20-4-2)12(16)10-21-11-8-6-5-7-9-11/h5-9,13H,3-4,10H2,1-2H3. The number of Topliss-reactive ketones (excluding diaryl/α,β-unsaturated/α-hetero) is 1. The lowest BCUT2D eigenvalue weighted by molar-refractivity contribution is -0.163. The second kappa shape index (κ2) is 9.18. The summed E-state index contributed by atoms with van der Waals surface area (Å²) in [5.41, 5.74) is 0. The molecule has 0 bridgehead atoms. The number of thioether (sulfide) groups is 1. The lowest BCUT2D eigenvalue weighted by atomic mass is 10.1. The number of carbonyl (C=O) groups is 3. The fraction of sp³-hybridized carbons (Fsp3) is 0.400. The van der Waals surface area contributed by atoms with Crippen molar-refractivity contribution >= 4 is 29.5 Å². The van der Waals surface area contributed by atoms with Crippen LogP contribution in [-0.2, 0) is 23.9 Å². The summed E-state index contributed by atoms with van der Waals surface area (Å²) in [5.74, 6) is -3.71. The average Bonchev–Trinajstić information content (AvgIpc) is 2.47. The minimum atomic E-state index is -1.50. The highest BCUT2D eigenvalue weighted by molar-refractivity contribution is 8.00. The smallest absolute Gasteiger partial charge is 0.328 e. The molecule has 6 heteroatoms. The summed E-state index contributed by atoms with van der Waals surface area (Å²) in [5, 5.41) is 0. The van der Waals surface area contributed by atoms with E-state index in [0.717, 1.165) is 4.90 Å². The van der Waals surface area contributed by atoms with Gasteiger partial charge in [-0.25, -0.2) is 0 Å². The van der Waals surface area contributed by atoms with Crippen LogP contribution in [0.5, 0.6) is 0 Å². The van der Waals surface area contributed by atoms with Gasteiger partial charge in [0, 0.05) is 4.90 Å². The third kappa shape index (κ3) is 5.59. The fourth-order valence-electron chi connectivity index (χ4n) is 1.56. The molecule has 5 nitrogen and oxygen atoms in total. The van der Waals surface area contributed by atoms with E-state index in [1.165, 1.54) is 11.8 Å². The van der Waals surface area contributed by atoms with E-state index < -0.39 is 23.6 Å². The number of rotatable bonds is 8. The molecule has 1 rings (SSSR count). The Morgan fingerprint density at radius 2 is 1.52 bits per heavy atom. The molecule has 114 valence electrons. The molecule has 0 amide bonds. The van der Waals surface area contributed by atoms with E-state index >= 15 is 0 Å². The van der Waals surface area contributed by atoms with Crippen LogP contribution >= 0.6 is 11.8 Å². The van der Waals surface area contributed by atoms with Gasteiger partial charge < -0.3 is 9.47 Å². The molecule has 0 heterocycles. The minimum absolute atomic E-state index is 0.00626. The second-order valence-corrected chi connectivity index (χ2v) is 5.05. The van der Waals surface area contributed by atoms with Crippen LogP contribution in [0.1, 0.15) is 13.8 Å². The Bertz CT molecular complexity index is 468. The average molecular weight is 310 g/mol. The first-order valence-corrected chi connectivity index (χ1v) is 7.62. The van der Waals surface area contributed by atoms with Crippen molar-refractivity contribution in [1.82, 2.24) is 0 Å². The van der Waals surface area contributed by atoms with E-state index in [0.29, 0.717) is 0 Å². The van der Waals surface area contributed by atoms with Crippen LogP contribution < -0.4 is 0 Å². The molecule has 0 unspecified atom stereocenters. The number of ether oxygens (including phenoxy) is 2. The molecule has 0 N–H and O–H groups in total. The van der Waals surface area contributed by atoms with E-state index in [9.17, 15) is 14.4 Å². The van der Waals surface area contributed by atoms with E-state index in [2.05, 4.69) is 0 Å². The molecule has 0 aliphatic rings. The van der Waals surface area contributed by atoms with Gasteiger partial charge >= 0.3 is 11.9 Å². The number of hydrogen-bond acceptors (Lipinski definition) is 6.